The number of benzene rings is 2. The van der Waals surface area contributed by atoms with Crippen molar-refractivity contribution in [3.05, 3.63) is 65.9 Å². The molecule has 0 radical (unpaired) electrons. The van der Waals surface area contributed by atoms with Crippen LogP contribution in [0.1, 0.15) is 65.5 Å². The van der Waals surface area contributed by atoms with Crippen molar-refractivity contribution < 1.29 is 0 Å². The first-order valence-corrected chi connectivity index (χ1v) is 13.1. The molecule has 0 bridgehead atoms. The third-order valence-corrected chi connectivity index (χ3v) is 5.70. The zero-order valence-electron chi connectivity index (χ0n) is 21.3. The summed E-state index contributed by atoms with van der Waals surface area (Å²) in [6.07, 6.45) is 6.01. The second-order valence-corrected chi connectivity index (χ2v) is 7.94. The van der Waals surface area contributed by atoms with Gasteiger partial charge in [-0.3, -0.25) is 0 Å². The van der Waals surface area contributed by atoms with Gasteiger partial charge in [-0.25, -0.2) is 0 Å². The number of hydrogen-bond acceptors (Lipinski definition) is 2. The van der Waals surface area contributed by atoms with Crippen LogP contribution >= 0.6 is 11.8 Å². The van der Waals surface area contributed by atoms with E-state index in [1.807, 2.05) is 53.3 Å². The topological polar surface area (TPSA) is 19.0 Å². The highest BCUT2D eigenvalue weighted by atomic mass is 32.2. The van der Waals surface area contributed by atoms with E-state index < -0.39 is 0 Å². The number of thioether (sulfide) groups is 1. The Morgan fingerprint density at radius 3 is 2.03 bits per heavy atom. The minimum atomic E-state index is 1.11. The maximum Gasteiger partial charge on any atom is 0.0456 e. The average Bonchev–Trinajstić information content (AvgIpc) is 3.48. The fourth-order valence-corrected chi connectivity index (χ4v) is 4.06. The van der Waals surface area contributed by atoms with E-state index in [9.17, 15) is 0 Å². The van der Waals surface area contributed by atoms with Gasteiger partial charge in [0.25, 0.3) is 0 Å². The summed E-state index contributed by atoms with van der Waals surface area (Å²) in [5.41, 5.74) is 3.98. The van der Waals surface area contributed by atoms with Gasteiger partial charge >= 0.3 is 0 Å². The Kier molecular flexibility index (Phi) is 18.0. The van der Waals surface area contributed by atoms with Gasteiger partial charge < -0.3 is 9.88 Å². The first kappa shape index (κ1) is 29.3. The van der Waals surface area contributed by atoms with E-state index in [0.29, 0.717) is 0 Å². The van der Waals surface area contributed by atoms with Gasteiger partial charge in [-0.1, -0.05) is 65.8 Å². The Hall–Kier alpha value is -1.71. The van der Waals surface area contributed by atoms with Gasteiger partial charge in [-0.2, -0.15) is 0 Å². The summed E-state index contributed by atoms with van der Waals surface area (Å²) in [5, 5.41) is 1.35. The maximum absolute atomic E-state index is 3.29. The number of rotatable bonds is 4. The zero-order valence-corrected chi connectivity index (χ0v) is 22.1. The van der Waals surface area contributed by atoms with Crippen molar-refractivity contribution in [2.75, 3.05) is 25.9 Å². The monoisotopic (exact) mass is 442 g/mol. The molecule has 1 N–H and O–H groups in total. The van der Waals surface area contributed by atoms with Crippen LogP contribution in [0.25, 0.3) is 10.9 Å². The summed E-state index contributed by atoms with van der Waals surface area (Å²) in [6, 6.07) is 17.3. The van der Waals surface area contributed by atoms with Gasteiger partial charge in [0, 0.05) is 27.7 Å². The molecule has 1 fully saturated rings. The molecule has 1 aliphatic rings. The van der Waals surface area contributed by atoms with Crippen LogP contribution in [-0.4, -0.2) is 35.8 Å². The van der Waals surface area contributed by atoms with E-state index in [4.69, 9.17) is 0 Å². The second-order valence-electron chi connectivity index (χ2n) is 6.77. The van der Waals surface area contributed by atoms with Gasteiger partial charge in [-0.15, -0.1) is 11.8 Å². The molecular weight excluding hydrogens is 396 g/mol. The predicted molar refractivity (Wildman–Crippen MR) is 145 cm³/mol. The summed E-state index contributed by atoms with van der Waals surface area (Å²) >= 11 is 1.92. The Balaban J connectivity index is 0.000000628. The summed E-state index contributed by atoms with van der Waals surface area (Å²) in [6.45, 7) is 16.8. The van der Waals surface area contributed by atoms with Gasteiger partial charge in [0.15, 0.2) is 0 Å². The molecule has 2 aromatic carbocycles. The average molecular weight is 443 g/mol. The van der Waals surface area contributed by atoms with E-state index in [-0.39, 0.29) is 0 Å². The SMILES string of the molecule is CC.CC.CC.CN1CCCC1.Cc1c[nH]c2ccc(CCSc3ccccc3)cc12. The highest BCUT2D eigenvalue weighted by molar-refractivity contribution is 7.99. The molecule has 0 saturated carbocycles. The van der Waals surface area contributed by atoms with E-state index in [0.717, 1.165) is 12.2 Å². The van der Waals surface area contributed by atoms with Crippen LogP contribution in [0.2, 0.25) is 0 Å². The highest BCUT2D eigenvalue weighted by Gasteiger charge is 2.03. The van der Waals surface area contributed by atoms with Crippen molar-refractivity contribution in [2.24, 2.45) is 0 Å². The molecule has 3 aromatic rings. The summed E-state index contributed by atoms with van der Waals surface area (Å²) in [5.74, 6) is 1.12. The fraction of sp³-hybridized carbons (Fsp3) is 0.500. The van der Waals surface area contributed by atoms with Crippen LogP contribution in [0.3, 0.4) is 0 Å². The number of likely N-dealkylation sites (tertiary alicyclic amines) is 1. The molecule has 1 aromatic heterocycles. The molecule has 31 heavy (non-hydrogen) atoms. The fourth-order valence-electron chi connectivity index (χ4n) is 3.14. The molecule has 174 valence electrons. The van der Waals surface area contributed by atoms with Gasteiger partial charge in [-0.05, 0) is 81.7 Å². The lowest BCUT2D eigenvalue weighted by Crippen LogP contribution is -2.10. The third-order valence-electron chi connectivity index (χ3n) is 4.69. The lowest BCUT2D eigenvalue weighted by Gasteiger charge is -2.03. The maximum atomic E-state index is 3.29. The number of H-pyrrole nitrogens is 1. The lowest BCUT2D eigenvalue weighted by atomic mass is 10.1. The predicted octanol–water partition coefficient (Wildman–Crippen LogP) is 8.60. The lowest BCUT2D eigenvalue weighted by molar-refractivity contribution is 0.418. The first-order valence-electron chi connectivity index (χ1n) is 12.2. The molecule has 0 unspecified atom stereocenters. The zero-order chi connectivity index (χ0) is 23.5. The van der Waals surface area contributed by atoms with E-state index in [1.165, 1.54) is 52.9 Å². The Morgan fingerprint density at radius 1 is 0.871 bits per heavy atom. The quantitative estimate of drug-likeness (QED) is 0.408. The highest BCUT2D eigenvalue weighted by Crippen LogP contribution is 2.22. The number of aromatic amines is 1. The van der Waals surface area contributed by atoms with Crippen LogP contribution in [0.15, 0.2) is 59.6 Å². The number of nitrogens with one attached hydrogen (secondary N) is 1. The Labute approximate surface area is 196 Å². The normalized spacial score (nSPS) is 12.3. The smallest absolute Gasteiger partial charge is 0.0456 e. The largest absolute Gasteiger partial charge is 0.361 e. The van der Waals surface area contributed by atoms with Crippen molar-refractivity contribution in [3.63, 3.8) is 0 Å². The minimum Gasteiger partial charge on any atom is -0.361 e. The molecule has 2 heterocycles. The number of aromatic nitrogens is 1. The molecule has 0 amide bonds. The van der Waals surface area contributed by atoms with Crippen LogP contribution in [0.4, 0.5) is 0 Å². The number of hydrogen-bond donors (Lipinski definition) is 1. The van der Waals surface area contributed by atoms with E-state index >= 15 is 0 Å². The third kappa shape index (κ3) is 11.5. The van der Waals surface area contributed by atoms with Crippen molar-refractivity contribution in [1.82, 2.24) is 9.88 Å². The van der Waals surface area contributed by atoms with Crippen molar-refractivity contribution in [2.45, 2.75) is 72.6 Å². The number of aryl methyl sites for hydroxylation is 2. The molecular formula is C28H46N2S. The summed E-state index contributed by atoms with van der Waals surface area (Å²) < 4.78 is 0. The van der Waals surface area contributed by atoms with Gasteiger partial charge in [0.1, 0.15) is 0 Å². The first-order chi connectivity index (χ1) is 15.2. The minimum absolute atomic E-state index is 1.11. The van der Waals surface area contributed by atoms with Crippen molar-refractivity contribution >= 4 is 22.7 Å². The van der Waals surface area contributed by atoms with Crippen LogP contribution in [-0.2, 0) is 6.42 Å². The second kappa shape index (κ2) is 19.0. The van der Waals surface area contributed by atoms with Crippen LogP contribution in [0, 0.1) is 6.92 Å². The number of nitrogens with zero attached hydrogens (tertiary/aromatic N) is 1. The molecule has 3 heteroatoms. The van der Waals surface area contributed by atoms with E-state index in [2.05, 4.69) is 78.6 Å². The standard InChI is InChI=1S/C17H17NS.C5H11N.3C2H6/c1-13-12-18-17-8-7-14(11-16(13)17)9-10-19-15-5-3-2-4-6-15;1-6-4-2-3-5-6;3*1-2/h2-8,11-12,18H,9-10H2,1H3;2-5H2,1H3;3*1-2H3. The van der Waals surface area contributed by atoms with Crippen molar-refractivity contribution in [3.8, 4) is 0 Å². The van der Waals surface area contributed by atoms with E-state index in [1.54, 1.807) is 0 Å². The molecule has 0 aliphatic carbocycles. The Morgan fingerprint density at radius 2 is 1.48 bits per heavy atom. The summed E-state index contributed by atoms with van der Waals surface area (Å²) in [7, 11) is 2.17. The van der Waals surface area contributed by atoms with Crippen LogP contribution in [0.5, 0.6) is 0 Å². The molecule has 1 saturated heterocycles. The Bertz CT molecular complexity index is 774. The molecule has 0 atom stereocenters. The van der Waals surface area contributed by atoms with Crippen molar-refractivity contribution in [1.29, 1.82) is 0 Å². The molecule has 4 rings (SSSR count). The summed E-state index contributed by atoms with van der Waals surface area (Å²) in [4.78, 5) is 7.00. The molecule has 2 nitrogen and oxygen atoms in total. The van der Waals surface area contributed by atoms with Gasteiger partial charge in [0.05, 0.1) is 0 Å². The van der Waals surface area contributed by atoms with Crippen LogP contribution < -0.4 is 0 Å². The van der Waals surface area contributed by atoms with Gasteiger partial charge in [0.2, 0.25) is 0 Å². The number of fused-ring (bicyclic) bond motifs is 1. The molecule has 0 spiro atoms. The molecule has 1 aliphatic heterocycles.